The van der Waals surface area contributed by atoms with E-state index in [9.17, 15) is 4.79 Å². The second kappa shape index (κ2) is 5.50. The Hall–Kier alpha value is -0.570. The summed E-state index contributed by atoms with van der Waals surface area (Å²) in [5, 5.41) is 12.4. The Morgan fingerprint density at radius 3 is 2.33 bits per heavy atom. The van der Waals surface area contributed by atoms with Crippen LogP contribution >= 0.6 is 0 Å². The normalized spacial score (nSPS) is 18.9. The Bertz CT molecular complexity index is 208. The molecule has 0 atom stereocenters. The number of carboxylic acid groups (broad SMARTS) is 1. The number of carboxylic acids is 1. The molecular weight excluding hydrogens is 190 g/mol. The van der Waals surface area contributed by atoms with Crippen LogP contribution in [0.5, 0.6) is 0 Å². The lowest BCUT2D eigenvalue weighted by Crippen LogP contribution is -2.44. The average Bonchev–Trinajstić information content (AvgIpc) is 2.14. The Labute approximate surface area is 92.3 Å². The van der Waals surface area contributed by atoms with Crippen molar-refractivity contribution in [2.75, 3.05) is 6.54 Å². The highest BCUT2D eigenvalue weighted by molar-refractivity contribution is 5.68. The lowest BCUT2D eigenvalue weighted by atomic mass is 9.66. The summed E-state index contributed by atoms with van der Waals surface area (Å²) >= 11 is 0. The zero-order valence-electron chi connectivity index (χ0n) is 9.88. The second-order valence-corrected chi connectivity index (χ2v) is 4.82. The van der Waals surface area contributed by atoms with Crippen LogP contribution in [0, 0.1) is 5.41 Å². The van der Waals surface area contributed by atoms with Gasteiger partial charge in [-0.3, -0.25) is 4.79 Å². The third-order valence-electron chi connectivity index (χ3n) is 3.69. The number of hydrogen-bond donors (Lipinski definition) is 2. The van der Waals surface area contributed by atoms with E-state index in [1.807, 2.05) is 0 Å². The van der Waals surface area contributed by atoms with Crippen molar-refractivity contribution >= 4 is 5.97 Å². The molecule has 1 aliphatic rings. The van der Waals surface area contributed by atoms with Crippen LogP contribution in [-0.2, 0) is 4.79 Å². The van der Waals surface area contributed by atoms with Gasteiger partial charge in [-0.05, 0) is 31.1 Å². The van der Waals surface area contributed by atoms with E-state index in [4.69, 9.17) is 5.11 Å². The fraction of sp³-hybridized carbons (Fsp3) is 0.917. The fourth-order valence-electron chi connectivity index (χ4n) is 2.35. The van der Waals surface area contributed by atoms with E-state index in [-0.39, 0.29) is 5.41 Å². The van der Waals surface area contributed by atoms with E-state index in [1.165, 1.54) is 6.42 Å². The van der Waals surface area contributed by atoms with Gasteiger partial charge in [0.1, 0.15) is 0 Å². The Morgan fingerprint density at radius 1 is 1.40 bits per heavy atom. The maximum absolute atomic E-state index is 10.8. The summed E-state index contributed by atoms with van der Waals surface area (Å²) in [6.45, 7) is 5.23. The van der Waals surface area contributed by atoms with Crippen molar-refractivity contribution in [2.24, 2.45) is 5.41 Å². The summed E-state index contributed by atoms with van der Waals surface area (Å²) < 4.78 is 0. The summed E-state index contributed by atoms with van der Waals surface area (Å²) in [5.41, 5.74) is 0.0639. The first-order valence-electron chi connectivity index (χ1n) is 6.07. The van der Waals surface area contributed by atoms with Gasteiger partial charge in [0, 0.05) is 12.6 Å². The van der Waals surface area contributed by atoms with Crippen molar-refractivity contribution in [2.45, 2.75) is 58.4 Å². The van der Waals surface area contributed by atoms with Crippen LogP contribution in [-0.4, -0.2) is 23.7 Å². The van der Waals surface area contributed by atoms with Crippen LogP contribution in [0.15, 0.2) is 0 Å². The standard InChI is InChI=1S/C12H23NO2/c1-3-10(4-2)13-9-12(6-5-7-12)8-11(14)15/h10,13H,3-9H2,1-2H3,(H,14,15). The Balaban J connectivity index is 2.36. The molecule has 1 saturated carbocycles. The van der Waals surface area contributed by atoms with Crippen LogP contribution in [0.1, 0.15) is 52.4 Å². The molecule has 0 heterocycles. The minimum Gasteiger partial charge on any atom is -0.481 e. The van der Waals surface area contributed by atoms with Gasteiger partial charge in [0.25, 0.3) is 0 Å². The fourth-order valence-corrected chi connectivity index (χ4v) is 2.35. The SMILES string of the molecule is CCC(CC)NCC1(CC(=O)O)CCC1. The van der Waals surface area contributed by atoms with Crippen LogP contribution in [0.4, 0.5) is 0 Å². The highest BCUT2D eigenvalue weighted by Gasteiger charge is 2.38. The smallest absolute Gasteiger partial charge is 0.303 e. The van der Waals surface area contributed by atoms with Gasteiger partial charge < -0.3 is 10.4 Å². The zero-order valence-corrected chi connectivity index (χ0v) is 9.88. The van der Waals surface area contributed by atoms with Crippen molar-refractivity contribution in [3.05, 3.63) is 0 Å². The number of rotatable bonds is 7. The number of aliphatic carboxylic acids is 1. The minimum absolute atomic E-state index is 0.0639. The molecule has 1 fully saturated rings. The summed E-state index contributed by atoms with van der Waals surface area (Å²) in [6.07, 6.45) is 5.93. The van der Waals surface area contributed by atoms with Gasteiger partial charge in [0.2, 0.25) is 0 Å². The summed E-state index contributed by atoms with van der Waals surface area (Å²) in [5.74, 6) is -0.652. The van der Waals surface area contributed by atoms with Gasteiger partial charge >= 0.3 is 5.97 Å². The first-order chi connectivity index (χ1) is 7.12. The molecule has 0 aromatic carbocycles. The predicted molar refractivity (Wildman–Crippen MR) is 60.9 cm³/mol. The van der Waals surface area contributed by atoms with Gasteiger partial charge in [0.15, 0.2) is 0 Å². The highest BCUT2D eigenvalue weighted by Crippen LogP contribution is 2.43. The highest BCUT2D eigenvalue weighted by atomic mass is 16.4. The number of carbonyl (C=O) groups is 1. The summed E-state index contributed by atoms with van der Waals surface area (Å²) in [7, 11) is 0. The minimum atomic E-state index is -0.652. The van der Waals surface area contributed by atoms with E-state index >= 15 is 0 Å². The van der Waals surface area contributed by atoms with Crippen LogP contribution in [0.3, 0.4) is 0 Å². The molecule has 3 nitrogen and oxygen atoms in total. The maximum Gasteiger partial charge on any atom is 0.303 e. The van der Waals surface area contributed by atoms with Crippen molar-refractivity contribution < 1.29 is 9.90 Å². The second-order valence-electron chi connectivity index (χ2n) is 4.82. The van der Waals surface area contributed by atoms with E-state index in [0.717, 1.165) is 32.2 Å². The molecule has 0 amide bonds. The van der Waals surface area contributed by atoms with E-state index in [0.29, 0.717) is 12.5 Å². The molecule has 1 rings (SSSR count). The molecule has 1 aliphatic carbocycles. The van der Waals surface area contributed by atoms with E-state index in [1.54, 1.807) is 0 Å². The molecule has 0 bridgehead atoms. The predicted octanol–water partition coefficient (Wildman–Crippen LogP) is 2.41. The molecule has 88 valence electrons. The van der Waals surface area contributed by atoms with Crippen LogP contribution < -0.4 is 5.32 Å². The van der Waals surface area contributed by atoms with E-state index in [2.05, 4.69) is 19.2 Å². The Kier molecular flexibility index (Phi) is 4.58. The van der Waals surface area contributed by atoms with Crippen LogP contribution in [0.25, 0.3) is 0 Å². The molecule has 0 aliphatic heterocycles. The first kappa shape index (κ1) is 12.5. The largest absolute Gasteiger partial charge is 0.481 e. The molecule has 3 heteroatoms. The maximum atomic E-state index is 10.8. The monoisotopic (exact) mass is 213 g/mol. The lowest BCUT2D eigenvalue weighted by molar-refractivity contribution is -0.141. The Morgan fingerprint density at radius 2 is 2.00 bits per heavy atom. The molecule has 15 heavy (non-hydrogen) atoms. The van der Waals surface area contributed by atoms with Gasteiger partial charge in [-0.2, -0.15) is 0 Å². The van der Waals surface area contributed by atoms with E-state index < -0.39 is 5.97 Å². The van der Waals surface area contributed by atoms with Crippen molar-refractivity contribution in [3.63, 3.8) is 0 Å². The molecular formula is C12H23NO2. The van der Waals surface area contributed by atoms with Gasteiger partial charge in [-0.1, -0.05) is 20.3 Å². The number of hydrogen-bond acceptors (Lipinski definition) is 2. The molecule has 0 radical (unpaired) electrons. The molecule has 0 spiro atoms. The zero-order chi connectivity index (χ0) is 11.3. The molecule has 0 saturated heterocycles. The third-order valence-corrected chi connectivity index (χ3v) is 3.69. The quantitative estimate of drug-likeness (QED) is 0.682. The third kappa shape index (κ3) is 3.49. The molecule has 0 aromatic heterocycles. The number of nitrogens with one attached hydrogen (secondary N) is 1. The topological polar surface area (TPSA) is 49.3 Å². The summed E-state index contributed by atoms with van der Waals surface area (Å²) in [6, 6.07) is 0.552. The lowest BCUT2D eigenvalue weighted by Gasteiger charge is -2.42. The van der Waals surface area contributed by atoms with Gasteiger partial charge in [-0.15, -0.1) is 0 Å². The molecule has 0 aromatic rings. The van der Waals surface area contributed by atoms with Crippen molar-refractivity contribution in [3.8, 4) is 0 Å². The molecule has 2 N–H and O–H groups in total. The van der Waals surface area contributed by atoms with Gasteiger partial charge in [0.05, 0.1) is 6.42 Å². The summed E-state index contributed by atoms with van der Waals surface area (Å²) in [4.78, 5) is 10.8. The molecule has 0 unspecified atom stereocenters. The first-order valence-corrected chi connectivity index (χ1v) is 6.07. The average molecular weight is 213 g/mol. The van der Waals surface area contributed by atoms with Gasteiger partial charge in [-0.25, -0.2) is 0 Å². The van der Waals surface area contributed by atoms with Crippen LogP contribution in [0.2, 0.25) is 0 Å². The van der Waals surface area contributed by atoms with Crippen molar-refractivity contribution in [1.82, 2.24) is 5.32 Å². The van der Waals surface area contributed by atoms with Crippen molar-refractivity contribution in [1.29, 1.82) is 0 Å².